The molecule has 7 nitrogen and oxygen atoms in total. The molecular weight excluding hydrogens is 222 g/mol. The molecule has 0 saturated heterocycles. The zero-order valence-electron chi connectivity index (χ0n) is 9.54. The van der Waals surface area contributed by atoms with E-state index < -0.39 is 6.29 Å². The first kappa shape index (κ1) is 11.5. The molecule has 0 fully saturated rings. The highest BCUT2D eigenvalue weighted by Crippen LogP contribution is 2.23. The summed E-state index contributed by atoms with van der Waals surface area (Å²) >= 11 is 0. The summed E-state index contributed by atoms with van der Waals surface area (Å²) in [4.78, 5) is 12.0. The minimum absolute atomic E-state index is 0.102. The largest absolute Gasteiger partial charge is 0.383 e. The van der Waals surface area contributed by atoms with Crippen molar-refractivity contribution in [2.75, 3.05) is 25.7 Å². The first-order chi connectivity index (χ1) is 8.15. The van der Waals surface area contributed by atoms with Crippen molar-refractivity contribution in [2.24, 2.45) is 0 Å². The standard InChI is InChI=1S/C10H13N5O2/c1-16-9(17-2)5-3-6-7(11)14-10(12)15-8(6)13-4-5/h3-4,9H,1-2H3,(H4,11,12,13,14,15). The van der Waals surface area contributed by atoms with E-state index in [1.54, 1.807) is 26.5 Å². The Morgan fingerprint density at radius 3 is 2.53 bits per heavy atom. The molecule has 0 aromatic carbocycles. The number of anilines is 2. The van der Waals surface area contributed by atoms with Crippen LogP contribution in [0.4, 0.5) is 11.8 Å². The molecule has 0 unspecified atom stereocenters. The van der Waals surface area contributed by atoms with E-state index in [-0.39, 0.29) is 11.8 Å². The Balaban J connectivity index is 2.57. The van der Waals surface area contributed by atoms with Gasteiger partial charge in [0.25, 0.3) is 0 Å². The van der Waals surface area contributed by atoms with Gasteiger partial charge < -0.3 is 20.9 Å². The number of nitrogens with two attached hydrogens (primary N) is 2. The van der Waals surface area contributed by atoms with Crippen molar-refractivity contribution in [3.05, 3.63) is 17.8 Å². The number of ether oxygens (including phenoxy) is 2. The van der Waals surface area contributed by atoms with Crippen LogP contribution >= 0.6 is 0 Å². The Labute approximate surface area is 97.8 Å². The van der Waals surface area contributed by atoms with Crippen LogP contribution < -0.4 is 11.5 Å². The van der Waals surface area contributed by atoms with Gasteiger partial charge in [0, 0.05) is 26.0 Å². The molecule has 0 aliphatic heterocycles. The topological polar surface area (TPSA) is 109 Å². The van der Waals surface area contributed by atoms with Crippen LogP contribution in [0.3, 0.4) is 0 Å². The molecule has 7 heteroatoms. The highest BCUT2D eigenvalue weighted by molar-refractivity contribution is 5.86. The van der Waals surface area contributed by atoms with Gasteiger partial charge in [0.2, 0.25) is 5.95 Å². The second kappa shape index (κ2) is 4.48. The van der Waals surface area contributed by atoms with Crippen LogP contribution in [0.25, 0.3) is 11.0 Å². The van der Waals surface area contributed by atoms with Crippen molar-refractivity contribution in [1.29, 1.82) is 0 Å². The normalized spacial score (nSPS) is 11.2. The van der Waals surface area contributed by atoms with Gasteiger partial charge in [-0.25, -0.2) is 4.98 Å². The van der Waals surface area contributed by atoms with E-state index in [1.807, 2.05) is 0 Å². The van der Waals surface area contributed by atoms with Gasteiger partial charge in [-0.15, -0.1) is 0 Å². The molecule has 4 N–H and O–H groups in total. The van der Waals surface area contributed by atoms with E-state index >= 15 is 0 Å². The van der Waals surface area contributed by atoms with Gasteiger partial charge in [0.1, 0.15) is 5.82 Å². The molecule has 0 spiro atoms. The molecule has 0 radical (unpaired) electrons. The van der Waals surface area contributed by atoms with E-state index in [9.17, 15) is 0 Å². The second-order valence-electron chi connectivity index (χ2n) is 3.41. The molecule has 17 heavy (non-hydrogen) atoms. The van der Waals surface area contributed by atoms with Crippen molar-refractivity contribution in [3.63, 3.8) is 0 Å². The minimum atomic E-state index is -0.496. The number of hydrogen-bond acceptors (Lipinski definition) is 7. The lowest BCUT2D eigenvalue weighted by atomic mass is 10.2. The molecule has 2 aromatic rings. The average Bonchev–Trinajstić information content (AvgIpc) is 2.31. The Morgan fingerprint density at radius 2 is 1.88 bits per heavy atom. The molecule has 2 rings (SSSR count). The van der Waals surface area contributed by atoms with Gasteiger partial charge in [0.15, 0.2) is 11.9 Å². The average molecular weight is 235 g/mol. The zero-order valence-corrected chi connectivity index (χ0v) is 9.54. The summed E-state index contributed by atoms with van der Waals surface area (Å²) in [5.74, 6) is 0.387. The van der Waals surface area contributed by atoms with E-state index in [1.165, 1.54) is 0 Å². The van der Waals surface area contributed by atoms with Gasteiger partial charge in [-0.3, -0.25) is 0 Å². The number of pyridine rings is 1. The maximum absolute atomic E-state index is 5.76. The predicted molar refractivity (Wildman–Crippen MR) is 62.9 cm³/mol. The quantitative estimate of drug-likeness (QED) is 0.744. The minimum Gasteiger partial charge on any atom is -0.383 e. The fraction of sp³-hybridized carbons (Fsp3) is 0.300. The summed E-state index contributed by atoms with van der Waals surface area (Å²) < 4.78 is 10.3. The van der Waals surface area contributed by atoms with Crippen molar-refractivity contribution in [1.82, 2.24) is 15.0 Å². The Hall–Kier alpha value is -1.99. The molecule has 2 aromatic heterocycles. The van der Waals surface area contributed by atoms with Gasteiger partial charge in [-0.2, -0.15) is 9.97 Å². The highest BCUT2D eigenvalue weighted by atomic mass is 16.7. The Bertz CT molecular complexity index is 541. The summed E-state index contributed by atoms with van der Waals surface area (Å²) in [7, 11) is 3.09. The van der Waals surface area contributed by atoms with Crippen LogP contribution in [-0.2, 0) is 9.47 Å². The van der Waals surface area contributed by atoms with Crippen molar-refractivity contribution in [2.45, 2.75) is 6.29 Å². The lowest BCUT2D eigenvalue weighted by Crippen LogP contribution is -2.06. The summed E-state index contributed by atoms with van der Waals surface area (Å²) in [6, 6.07) is 1.77. The molecule has 0 aliphatic carbocycles. The van der Waals surface area contributed by atoms with Crippen LogP contribution in [0.2, 0.25) is 0 Å². The molecule has 0 bridgehead atoms. The first-order valence-electron chi connectivity index (χ1n) is 4.90. The van der Waals surface area contributed by atoms with Crippen molar-refractivity contribution < 1.29 is 9.47 Å². The molecule has 0 aliphatic rings. The molecule has 0 saturated carbocycles. The van der Waals surface area contributed by atoms with Crippen molar-refractivity contribution >= 4 is 22.8 Å². The molecule has 0 atom stereocenters. The maximum atomic E-state index is 5.76. The summed E-state index contributed by atoms with van der Waals surface area (Å²) in [5.41, 5.74) is 12.4. The van der Waals surface area contributed by atoms with Crippen LogP contribution in [0.1, 0.15) is 11.9 Å². The Kier molecular flexibility index (Phi) is 3.03. The third kappa shape index (κ3) is 2.10. The number of aromatic nitrogens is 3. The van der Waals surface area contributed by atoms with Gasteiger partial charge >= 0.3 is 0 Å². The molecular formula is C10H13N5O2. The smallest absolute Gasteiger partial charge is 0.224 e. The Morgan fingerprint density at radius 1 is 1.18 bits per heavy atom. The van der Waals surface area contributed by atoms with Gasteiger partial charge in [-0.1, -0.05) is 0 Å². The highest BCUT2D eigenvalue weighted by Gasteiger charge is 2.12. The number of nitrogens with zero attached hydrogens (tertiary/aromatic N) is 3. The van der Waals surface area contributed by atoms with E-state index in [4.69, 9.17) is 20.9 Å². The number of hydrogen-bond donors (Lipinski definition) is 2. The predicted octanol–water partition coefficient (Wildman–Crippen LogP) is 0.481. The monoisotopic (exact) mass is 235 g/mol. The maximum Gasteiger partial charge on any atom is 0.224 e. The van der Waals surface area contributed by atoms with Crippen LogP contribution in [0.15, 0.2) is 12.3 Å². The first-order valence-corrected chi connectivity index (χ1v) is 4.90. The zero-order chi connectivity index (χ0) is 12.4. The lowest BCUT2D eigenvalue weighted by Gasteiger charge is -2.13. The second-order valence-corrected chi connectivity index (χ2v) is 3.41. The summed E-state index contributed by atoms with van der Waals surface area (Å²) in [6.45, 7) is 0. The number of rotatable bonds is 3. The van der Waals surface area contributed by atoms with Crippen LogP contribution in [-0.4, -0.2) is 29.2 Å². The third-order valence-electron chi connectivity index (χ3n) is 2.32. The fourth-order valence-corrected chi connectivity index (χ4v) is 1.57. The van der Waals surface area contributed by atoms with E-state index in [2.05, 4.69) is 15.0 Å². The fourth-order valence-electron chi connectivity index (χ4n) is 1.57. The molecule has 2 heterocycles. The lowest BCUT2D eigenvalue weighted by molar-refractivity contribution is -0.106. The van der Waals surface area contributed by atoms with Gasteiger partial charge in [-0.05, 0) is 6.07 Å². The number of fused-ring (bicyclic) bond motifs is 1. The van der Waals surface area contributed by atoms with Gasteiger partial charge in [0.05, 0.1) is 5.39 Å². The molecule has 90 valence electrons. The van der Waals surface area contributed by atoms with E-state index in [0.717, 1.165) is 5.56 Å². The SMILES string of the molecule is COC(OC)c1cnc2nc(N)nc(N)c2c1. The number of nitrogen functional groups attached to an aromatic ring is 2. The third-order valence-corrected chi connectivity index (χ3v) is 2.32. The van der Waals surface area contributed by atoms with Crippen LogP contribution in [0, 0.1) is 0 Å². The summed E-state index contributed by atoms with van der Waals surface area (Å²) in [6.07, 6.45) is 1.11. The summed E-state index contributed by atoms with van der Waals surface area (Å²) in [5, 5.41) is 0.621. The molecule has 0 amide bonds. The van der Waals surface area contributed by atoms with E-state index in [0.29, 0.717) is 11.0 Å². The van der Waals surface area contributed by atoms with Crippen molar-refractivity contribution in [3.8, 4) is 0 Å². The van der Waals surface area contributed by atoms with Crippen LogP contribution in [0.5, 0.6) is 0 Å². The number of methoxy groups -OCH3 is 2.